The first kappa shape index (κ1) is 34.2. The maximum Gasteiger partial charge on any atom is 0.421 e. The molecular formula is C34H50N10. The third-order valence-corrected chi connectivity index (χ3v) is 8.08. The maximum atomic E-state index is 4.58. The van der Waals surface area contributed by atoms with Crippen molar-refractivity contribution >= 4 is 34.6 Å². The Kier molecular flexibility index (Phi) is 12.0. The van der Waals surface area contributed by atoms with Crippen LogP contribution in [0.15, 0.2) is 81.6 Å². The second-order valence-electron chi connectivity index (χ2n) is 10.7. The van der Waals surface area contributed by atoms with E-state index in [0.29, 0.717) is 0 Å². The summed E-state index contributed by atoms with van der Waals surface area (Å²) in [6, 6.07) is 12.8. The topological polar surface area (TPSA) is 73.5 Å². The monoisotopic (exact) mass is 598 g/mol. The molecule has 2 aromatic carbocycles. The van der Waals surface area contributed by atoms with Gasteiger partial charge in [-0.05, 0) is 89.1 Å². The lowest BCUT2D eigenvalue weighted by Gasteiger charge is -2.38. The van der Waals surface area contributed by atoms with Crippen LogP contribution < -0.4 is 18.9 Å². The van der Waals surface area contributed by atoms with Crippen LogP contribution in [0, 0.1) is 28.7 Å². The van der Waals surface area contributed by atoms with Crippen molar-refractivity contribution in [1.29, 1.82) is 0 Å². The molecule has 0 amide bonds. The highest BCUT2D eigenvalue weighted by molar-refractivity contribution is 5.62. The highest BCUT2D eigenvalue weighted by Gasteiger charge is 2.21. The minimum absolute atomic E-state index is 0. The summed E-state index contributed by atoms with van der Waals surface area (Å²) in [5.41, 5.74) is 6.73. The molecule has 1 saturated heterocycles. The highest BCUT2D eigenvalue weighted by Crippen LogP contribution is 2.30. The number of imidazole rings is 2. The second-order valence-corrected chi connectivity index (χ2v) is 10.7. The summed E-state index contributed by atoms with van der Waals surface area (Å²) in [7, 11) is 0. The van der Waals surface area contributed by atoms with E-state index < -0.39 is 0 Å². The van der Waals surface area contributed by atoms with E-state index >= 15 is 0 Å². The number of hydrogen-bond donors (Lipinski definition) is 0. The Morgan fingerprint density at radius 2 is 0.977 bits per heavy atom. The molecule has 44 heavy (non-hydrogen) atoms. The Morgan fingerprint density at radius 3 is 1.30 bits per heavy atom. The van der Waals surface area contributed by atoms with Gasteiger partial charge < -0.3 is 24.7 Å². The standard InChI is InChI=1S/C32H44N10.2CH3/c1-7-37-15-16-38(8-2)31(37)35-33-27-11-13-29(25(5)23-27)41-19-21-42(22-20-41)30-14-12-28(24-26(30)6)34-36-32-39(9-3)17-18-40(32)10-4;;/h11-18,23-24H,7-10,19-22H2,1-6H3;2*1H3/q+2;2*-1. The number of aryl methyl sites for hydroxylation is 6. The second kappa shape index (κ2) is 15.4. The first-order valence-corrected chi connectivity index (χ1v) is 15.2. The maximum absolute atomic E-state index is 4.58. The number of hydrogen-bond acceptors (Lipinski definition) is 6. The molecule has 5 rings (SSSR count). The number of piperazine rings is 1. The van der Waals surface area contributed by atoms with Gasteiger partial charge in [-0.1, -0.05) is 10.2 Å². The average Bonchev–Trinajstić information content (AvgIpc) is 3.61. The zero-order valence-electron chi connectivity index (χ0n) is 27.9. The van der Waals surface area contributed by atoms with Gasteiger partial charge in [0.25, 0.3) is 0 Å². The van der Waals surface area contributed by atoms with Gasteiger partial charge in [0.2, 0.25) is 0 Å². The van der Waals surface area contributed by atoms with E-state index in [1.807, 2.05) is 0 Å². The van der Waals surface area contributed by atoms with Crippen molar-refractivity contribution in [1.82, 2.24) is 9.13 Å². The number of benzene rings is 2. The van der Waals surface area contributed by atoms with Crippen LogP contribution in [0.1, 0.15) is 38.8 Å². The fourth-order valence-electron chi connectivity index (χ4n) is 5.64. The lowest BCUT2D eigenvalue weighted by molar-refractivity contribution is -0.680. The van der Waals surface area contributed by atoms with Crippen LogP contribution in [0.3, 0.4) is 0 Å². The lowest BCUT2D eigenvalue weighted by Crippen LogP contribution is -2.47. The molecule has 0 N–H and O–H groups in total. The number of rotatable bonds is 10. The minimum atomic E-state index is 0. The van der Waals surface area contributed by atoms with Crippen molar-refractivity contribution in [2.45, 2.75) is 67.7 Å². The molecule has 0 aliphatic carbocycles. The summed E-state index contributed by atoms with van der Waals surface area (Å²) in [6.07, 6.45) is 8.23. The van der Waals surface area contributed by atoms with Gasteiger partial charge in [-0.3, -0.25) is 0 Å². The lowest BCUT2D eigenvalue weighted by atomic mass is 10.1. The molecule has 236 valence electrons. The van der Waals surface area contributed by atoms with Gasteiger partial charge in [0.1, 0.15) is 11.4 Å². The van der Waals surface area contributed by atoms with Crippen LogP contribution in [0.25, 0.3) is 0 Å². The van der Waals surface area contributed by atoms with Crippen molar-refractivity contribution in [3.8, 4) is 0 Å². The summed E-state index contributed by atoms with van der Waals surface area (Å²) in [5, 5.41) is 18.3. The van der Waals surface area contributed by atoms with Gasteiger partial charge in [0.15, 0.2) is 0 Å². The predicted molar refractivity (Wildman–Crippen MR) is 180 cm³/mol. The van der Waals surface area contributed by atoms with Gasteiger partial charge in [-0.25, -0.2) is 18.3 Å². The molecule has 10 nitrogen and oxygen atoms in total. The SMILES string of the molecule is CCn1cc[n+](CC)c1N=Nc1ccc(N2CCN(c3ccc(N=Nc4n(CC)cc[n+]4CC)cc3C)CC2)c(C)c1.[CH3-].[CH3-]. The van der Waals surface area contributed by atoms with Gasteiger partial charge in [0.05, 0.1) is 51.0 Å². The normalized spacial score (nSPS) is 13.5. The average molecular weight is 599 g/mol. The fraction of sp³-hybridized carbons (Fsp3) is 0.412. The van der Waals surface area contributed by atoms with E-state index in [0.717, 1.165) is 75.6 Å². The largest absolute Gasteiger partial charge is 0.421 e. The zero-order chi connectivity index (χ0) is 29.6. The van der Waals surface area contributed by atoms with E-state index in [1.165, 1.54) is 22.5 Å². The predicted octanol–water partition coefficient (Wildman–Crippen LogP) is 7.62. The van der Waals surface area contributed by atoms with Crippen LogP contribution in [0.5, 0.6) is 0 Å². The number of anilines is 2. The summed E-state index contributed by atoms with van der Waals surface area (Å²) < 4.78 is 8.44. The first-order chi connectivity index (χ1) is 20.4. The summed E-state index contributed by atoms with van der Waals surface area (Å²) >= 11 is 0. The smallest absolute Gasteiger partial charge is 0.368 e. The third kappa shape index (κ3) is 7.23. The molecule has 0 spiro atoms. The van der Waals surface area contributed by atoms with Crippen molar-refractivity contribution in [3.05, 3.63) is 87.2 Å². The molecule has 0 unspecified atom stereocenters. The van der Waals surface area contributed by atoms with Crippen LogP contribution >= 0.6 is 0 Å². The zero-order valence-corrected chi connectivity index (χ0v) is 27.9. The van der Waals surface area contributed by atoms with Crippen molar-refractivity contribution in [2.75, 3.05) is 36.0 Å². The molecule has 0 atom stereocenters. The Balaban J connectivity index is 0.00000264. The molecule has 4 aromatic rings. The summed E-state index contributed by atoms with van der Waals surface area (Å²) in [4.78, 5) is 4.95. The van der Waals surface area contributed by atoms with E-state index in [2.05, 4.69) is 151 Å². The van der Waals surface area contributed by atoms with Crippen LogP contribution in [0.4, 0.5) is 34.6 Å². The van der Waals surface area contributed by atoms with E-state index in [-0.39, 0.29) is 14.9 Å². The van der Waals surface area contributed by atoms with Crippen molar-refractivity contribution in [2.24, 2.45) is 20.5 Å². The minimum Gasteiger partial charge on any atom is -0.368 e. The number of nitrogens with zero attached hydrogens (tertiary/aromatic N) is 10. The molecule has 0 radical (unpaired) electrons. The van der Waals surface area contributed by atoms with Crippen LogP contribution in [-0.2, 0) is 26.2 Å². The number of aromatic nitrogens is 4. The van der Waals surface area contributed by atoms with E-state index in [4.69, 9.17) is 0 Å². The van der Waals surface area contributed by atoms with E-state index in [1.54, 1.807) is 0 Å². The molecular weight excluding hydrogens is 548 g/mol. The molecule has 1 aliphatic heterocycles. The third-order valence-electron chi connectivity index (χ3n) is 8.08. The Morgan fingerprint density at radius 1 is 0.591 bits per heavy atom. The van der Waals surface area contributed by atoms with Gasteiger partial charge in [0, 0.05) is 47.8 Å². The molecule has 3 heterocycles. The van der Waals surface area contributed by atoms with Gasteiger partial charge >= 0.3 is 11.9 Å². The van der Waals surface area contributed by atoms with Gasteiger partial charge in [-0.15, -0.1) is 0 Å². The number of azo groups is 2. The molecule has 0 saturated carbocycles. The Hall–Kier alpha value is -4.34. The summed E-state index contributed by atoms with van der Waals surface area (Å²) in [6.45, 7) is 20.2. The van der Waals surface area contributed by atoms with Crippen LogP contribution in [0.2, 0.25) is 0 Å². The van der Waals surface area contributed by atoms with Crippen LogP contribution in [-0.4, -0.2) is 35.3 Å². The van der Waals surface area contributed by atoms with Gasteiger partial charge in [-0.2, -0.15) is 0 Å². The molecule has 1 fully saturated rings. The fourth-order valence-corrected chi connectivity index (χ4v) is 5.64. The molecule has 0 bridgehead atoms. The highest BCUT2D eigenvalue weighted by atomic mass is 15.3. The summed E-state index contributed by atoms with van der Waals surface area (Å²) in [5.74, 6) is 1.75. The molecule has 2 aromatic heterocycles. The molecule has 1 aliphatic rings. The first-order valence-electron chi connectivity index (χ1n) is 15.2. The van der Waals surface area contributed by atoms with Crippen molar-refractivity contribution in [3.63, 3.8) is 0 Å². The van der Waals surface area contributed by atoms with E-state index in [9.17, 15) is 0 Å². The Bertz CT molecular complexity index is 1410. The molecule has 10 heteroatoms. The van der Waals surface area contributed by atoms with Crippen molar-refractivity contribution < 1.29 is 9.13 Å². The quantitative estimate of drug-likeness (QED) is 0.107. The Labute approximate surface area is 264 Å².